The molecule has 6 nitrogen and oxygen atoms in total. The first kappa shape index (κ1) is 12.3. The van der Waals surface area contributed by atoms with E-state index in [9.17, 15) is 0 Å². The summed E-state index contributed by atoms with van der Waals surface area (Å²) >= 11 is 12.0. The monoisotopic (exact) mass is 296 g/mol. The number of aryl methyl sites for hydroxylation is 1. The first-order valence-electron chi connectivity index (χ1n) is 5.66. The molecule has 3 aromatic heterocycles. The van der Waals surface area contributed by atoms with Crippen LogP contribution in [0.3, 0.4) is 0 Å². The SMILES string of the molecule is CCn1cc(Cl)c2cnc(Nc3cn[nH]c3Cl)nc21. The van der Waals surface area contributed by atoms with Gasteiger partial charge in [-0.2, -0.15) is 10.1 Å². The van der Waals surface area contributed by atoms with Crippen molar-refractivity contribution in [3.05, 3.63) is 28.8 Å². The van der Waals surface area contributed by atoms with Crippen LogP contribution in [0.1, 0.15) is 6.92 Å². The van der Waals surface area contributed by atoms with Crippen LogP contribution in [0.2, 0.25) is 10.2 Å². The minimum Gasteiger partial charge on any atom is -0.331 e. The second-order valence-corrected chi connectivity index (χ2v) is 4.70. The minimum absolute atomic E-state index is 0.410. The van der Waals surface area contributed by atoms with Gasteiger partial charge in [-0.25, -0.2) is 4.98 Å². The molecule has 3 heterocycles. The third-order valence-corrected chi connectivity index (χ3v) is 3.34. The summed E-state index contributed by atoms with van der Waals surface area (Å²) in [6, 6.07) is 0. The molecule has 0 amide bonds. The fraction of sp³-hybridized carbons (Fsp3) is 0.182. The van der Waals surface area contributed by atoms with Gasteiger partial charge in [0.15, 0.2) is 0 Å². The average Bonchev–Trinajstić information content (AvgIpc) is 2.94. The molecule has 8 heteroatoms. The summed E-state index contributed by atoms with van der Waals surface area (Å²) in [5.74, 6) is 0.445. The average molecular weight is 297 g/mol. The highest BCUT2D eigenvalue weighted by Gasteiger charge is 2.10. The topological polar surface area (TPSA) is 71.4 Å². The first-order valence-corrected chi connectivity index (χ1v) is 6.42. The zero-order valence-electron chi connectivity index (χ0n) is 9.98. The Labute approximate surface area is 118 Å². The third-order valence-electron chi connectivity index (χ3n) is 2.75. The molecule has 0 unspecified atom stereocenters. The van der Waals surface area contributed by atoms with E-state index in [4.69, 9.17) is 23.2 Å². The zero-order valence-corrected chi connectivity index (χ0v) is 11.5. The maximum Gasteiger partial charge on any atom is 0.229 e. The van der Waals surface area contributed by atoms with Crippen LogP contribution in [0, 0.1) is 0 Å². The van der Waals surface area contributed by atoms with Crippen molar-refractivity contribution in [1.82, 2.24) is 24.7 Å². The minimum atomic E-state index is 0.410. The molecule has 19 heavy (non-hydrogen) atoms. The maximum absolute atomic E-state index is 6.12. The number of aromatic nitrogens is 5. The molecule has 0 spiro atoms. The molecule has 0 aliphatic heterocycles. The van der Waals surface area contributed by atoms with Crippen molar-refractivity contribution in [2.24, 2.45) is 0 Å². The van der Waals surface area contributed by atoms with Gasteiger partial charge < -0.3 is 9.88 Å². The Morgan fingerprint density at radius 2 is 2.21 bits per heavy atom. The third kappa shape index (κ3) is 2.13. The molecule has 98 valence electrons. The lowest BCUT2D eigenvalue weighted by Crippen LogP contribution is -1.99. The summed E-state index contributed by atoms with van der Waals surface area (Å²) in [5, 5.41) is 11.3. The Balaban J connectivity index is 2.04. The highest BCUT2D eigenvalue weighted by molar-refractivity contribution is 6.35. The number of halogens is 2. The Bertz CT molecular complexity index is 732. The number of anilines is 2. The van der Waals surface area contributed by atoms with Crippen LogP contribution in [-0.2, 0) is 6.54 Å². The fourth-order valence-corrected chi connectivity index (χ4v) is 2.20. The van der Waals surface area contributed by atoms with E-state index in [-0.39, 0.29) is 0 Å². The van der Waals surface area contributed by atoms with Gasteiger partial charge in [0.1, 0.15) is 10.8 Å². The molecular weight excluding hydrogens is 287 g/mol. The molecular formula is C11H10Cl2N6. The van der Waals surface area contributed by atoms with Crippen molar-refractivity contribution >= 4 is 45.9 Å². The predicted octanol–water partition coefficient (Wildman–Crippen LogP) is 3.22. The van der Waals surface area contributed by atoms with Crippen molar-refractivity contribution in [3.8, 4) is 0 Å². The van der Waals surface area contributed by atoms with Crippen molar-refractivity contribution in [2.75, 3.05) is 5.32 Å². The van der Waals surface area contributed by atoms with Gasteiger partial charge in [0.2, 0.25) is 5.95 Å². The highest BCUT2D eigenvalue weighted by atomic mass is 35.5. The van der Waals surface area contributed by atoms with Crippen LogP contribution in [-0.4, -0.2) is 24.7 Å². The van der Waals surface area contributed by atoms with E-state index in [0.717, 1.165) is 17.6 Å². The quantitative estimate of drug-likeness (QED) is 0.778. The summed E-state index contributed by atoms with van der Waals surface area (Å²) in [4.78, 5) is 8.65. The van der Waals surface area contributed by atoms with Gasteiger partial charge in [-0.05, 0) is 6.92 Å². The molecule has 3 rings (SSSR count). The number of rotatable bonds is 3. The molecule has 0 fully saturated rings. The Morgan fingerprint density at radius 3 is 2.89 bits per heavy atom. The van der Waals surface area contributed by atoms with E-state index in [1.54, 1.807) is 12.4 Å². The van der Waals surface area contributed by atoms with Crippen LogP contribution in [0.4, 0.5) is 11.6 Å². The van der Waals surface area contributed by atoms with Crippen molar-refractivity contribution in [1.29, 1.82) is 0 Å². The van der Waals surface area contributed by atoms with E-state index >= 15 is 0 Å². The Kier molecular flexibility index (Phi) is 3.04. The maximum atomic E-state index is 6.12. The van der Waals surface area contributed by atoms with Crippen molar-refractivity contribution in [3.63, 3.8) is 0 Å². The number of H-pyrrole nitrogens is 1. The summed E-state index contributed by atoms with van der Waals surface area (Å²) < 4.78 is 1.96. The molecule has 0 saturated carbocycles. The molecule has 0 aromatic carbocycles. The summed E-state index contributed by atoms with van der Waals surface area (Å²) in [7, 11) is 0. The predicted molar refractivity (Wildman–Crippen MR) is 75.1 cm³/mol. The van der Waals surface area contributed by atoms with Gasteiger partial charge in [-0.3, -0.25) is 5.10 Å². The molecule has 0 bridgehead atoms. The second kappa shape index (κ2) is 4.71. The van der Waals surface area contributed by atoms with Crippen LogP contribution in [0.15, 0.2) is 18.6 Å². The van der Waals surface area contributed by atoms with Gasteiger partial charge in [0.25, 0.3) is 0 Å². The van der Waals surface area contributed by atoms with E-state index < -0.39 is 0 Å². The molecule has 0 atom stereocenters. The van der Waals surface area contributed by atoms with E-state index in [1.807, 2.05) is 17.7 Å². The van der Waals surface area contributed by atoms with Crippen molar-refractivity contribution < 1.29 is 0 Å². The van der Waals surface area contributed by atoms with E-state index in [1.165, 1.54) is 0 Å². The standard InChI is InChI=1S/C11H10Cl2N6/c1-2-19-5-7(12)6-3-14-11(17-10(6)19)16-8-4-15-18-9(8)13/h3-5H,2H2,1H3,(H,15,18)(H,14,16,17). The normalized spacial score (nSPS) is 11.1. The molecule has 2 N–H and O–H groups in total. The largest absolute Gasteiger partial charge is 0.331 e. The zero-order chi connectivity index (χ0) is 13.4. The number of hydrogen-bond acceptors (Lipinski definition) is 4. The summed E-state index contributed by atoms with van der Waals surface area (Å²) in [6.45, 7) is 2.81. The lowest BCUT2D eigenvalue weighted by Gasteiger charge is -2.04. The number of fused-ring (bicyclic) bond motifs is 1. The molecule has 0 aliphatic rings. The lowest BCUT2D eigenvalue weighted by molar-refractivity contribution is 0.787. The summed E-state index contributed by atoms with van der Waals surface area (Å²) in [6.07, 6.45) is 5.10. The molecule has 0 aliphatic carbocycles. The smallest absolute Gasteiger partial charge is 0.229 e. The van der Waals surface area contributed by atoms with Gasteiger partial charge >= 0.3 is 0 Å². The summed E-state index contributed by atoms with van der Waals surface area (Å²) in [5.41, 5.74) is 1.41. The number of aromatic amines is 1. The lowest BCUT2D eigenvalue weighted by atomic mass is 10.4. The molecule has 0 radical (unpaired) electrons. The fourth-order valence-electron chi connectivity index (χ4n) is 1.81. The van der Waals surface area contributed by atoms with Crippen LogP contribution in [0.25, 0.3) is 11.0 Å². The van der Waals surface area contributed by atoms with Crippen LogP contribution >= 0.6 is 23.2 Å². The molecule has 3 aromatic rings. The van der Waals surface area contributed by atoms with Gasteiger partial charge in [-0.1, -0.05) is 23.2 Å². The number of nitrogens with one attached hydrogen (secondary N) is 2. The van der Waals surface area contributed by atoms with Gasteiger partial charge in [0.05, 0.1) is 22.3 Å². The Morgan fingerprint density at radius 1 is 1.37 bits per heavy atom. The van der Waals surface area contributed by atoms with Crippen LogP contribution in [0.5, 0.6) is 0 Å². The first-order chi connectivity index (χ1) is 9.19. The van der Waals surface area contributed by atoms with Crippen molar-refractivity contribution in [2.45, 2.75) is 13.5 Å². The molecule has 0 saturated heterocycles. The van der Waals surface area contributed by atoms with Crippen LogP contribution < -0.4 is 5.32 Å². The highest BCUT2D eigenvalue weighted by Crippen LogP contribution is 2.26. The van der Waals surface area contributed by atoms with Gasteiger partial charge in [0, 0.05) is 18.9 Å². The second-order valence-electron chi connectivity index (χ2n) is 3.92. The van der Waals surface area contributed by atoms with E-state index in [0.29, 0.717) is 21.8 Å². The number of nitrogens with zero attached hydrogens (tertiary/aromatic N) is 4. The van der Waals surface area contributed by atoms with E-state index in [2.05, 4.69) is 25.5 Å². The van der Waals surface area contributed by atoms with Gasteiger partial charge in [-0.15, -0.1) is 0 Å². The Hall–Kier alpha value is -1.79. The number of hydrogen-bond donors (Lipinski definition) is 2.